The summed E-state index contributed by atoms with van der Waals surface area (Å²) in [5.41, 5.74) is -1.21. The molecule has 2 heterocycles. The highest BCUT2D eigenvalue weighted by molar-refractivity contribution is 7.16. The van der Waals surface area contributed by atoms with Crippen LogP contribution >= 0.6 is 11.3 Å². The van der Waals surface area contributed by atoms with Gasteiger partial charge < -0.3 is 15.5 Å². The van der Waals surface area contributed by atoms with Gasteiger partial charge in [0.15, 0.2) is 5.69 Å². The molecule has 0 aliphatic heterocycles. The summed E-state index contributed by atoms with van der Waals surface area (Å²) in [7, 11) is 1.34. The number of hydrogen-bond donors (Lipinski definition) is 3. The van der Waals surface area contributed by atoms with Crippen LogP contribution in [0.5, 0.6) is 5.75 Å². The number of nitrogens with one attached hydrogen (secondary N) is 1. The van der Waals surface area contributed by atoms with Gasteiger partial charge in [0.05, 0.1) is 5.69 Å². The Bertz CT molecular complexity index is 1200. The van der Waals surface area contributed by atoms with Gasteiger partial charge in [-0.3, -0.25) is 19.1 Å². The first-order chi connectivity index (χ1) is 13.5. The number of aryl methyl sites for hydroxylation is 1. The number of carboxylic acid groups (broad SMARTS) is 1. The highest BCUT2D eigenvalue weighted by Gasteiger charge is 2.34. The normalized spacial score (nSPS) is 11.6. The second-order valence-electron chi connectivity index (χ2n) is 5.94. The molecule has 0 saturated carbocycles. The van der Waals surface area contributed by atoms with Crippen molar-refractivity contribution < 1.29 is 33.0 Å². The molecular weight excluding hydrogens is 415 g/mol. The molecule has 3 rings (SSSR count). The third-order valence-corrected chi connectivity index (χ3v) is 4.92. The van der Waals surface area contributed by atoms with Crippen LogP contribution in [0.1, 0.15) is 16.1 Å². The van der Waals surface area contributed by atoms with Crippen LogP contribution in [-0.2, 0) is 18.0 Å². The highest BCUT2D eigenvalue weighted by atomic mass is 32.1. The Morgan fingerprint density at radius 3 is 2.55 bits per heavy atom. The first-order valence-electron chi connectivity index (χ1n) is 7.90. The number of halogens is 3. The van der Waals surface area contributed by atoms with Gasteiger partial charge in [-0.2, -0.15) is 18.3 Å². The van der Waals surface area contributed by atoms with Crippen molar-refractivity contribution in [1.29, 1.82) is 0 Å². The Morgan fingerprint density at radius 1 is 1.28 bits per heavy atom. The van der Waals surface area contributed by atoms with Gasteiger partial charge in [-0.1, -0.05) is 17.4 Å². The second-order valence-corrected chi connectivity index (χ2v) is 6.95. The minimum absolute atomic E-state index is 0.122. The van der Waals surface area contributed by atoms with Crippen LogP contribution in [0.4, 0.5) is 13.2 Å². The lowest BCUT2D eigenvalue weighted by Crippen LogP contribution is -2.32. The molecule has 2 aromatic heterocycles. The van der Waals surface area contributed by atoms with Gasteiger partial charge in [0.1, 0.15) is 17.9 Å². The average Bonchev–Trinajstić information content (AvgIpc) is 3.01. The van der Waals surface area contributed by atoms with Crippen molar-refractivity contribution in [2.45, 2.75) is 6.18 Å². The van der Waals surface area contributed by atoms with Crippen molar-refractivity contribution in [2.24, 2.45) is 7.05 Å². The number of benzene rings is 1. The zero-order valence-electron chi connectivity index (χ0n) is 14.6. The van der Waals surface area contributed by atoms with Gasteiger partial charge in [-0.05, 0) is 18.2 Å². The Morgan fingerprint density at radius 2 is 1.97 bits per heavy atom. The number of aromatic nitrogens is 2. The standard InChI is InChI=1S/C17H12F3N3O5S/c1-23-9(5-11(22-23)17(18,19)20)7-2-3-8-10(4-7)29-16(28)13(14(8)26)15(27)21-6-12(24)25/h2-5,26H,6H2,1H3,(H,21,27)(H,24,25). The molecule has 1 amide bonds. The maximum Gasteiger partial charge on any atom is 0.435 e. The second kappa shape index (κ2) is 7.20. The average molecular weight is 427 g/mol. The van der Waals surface area contributed by atoms with Gasteiger partial charge in [0.2, 0.25) is 4.74 Å². The topological polar surface area (TPSA) is 122 Å². The Kier molecular flexibility index (Phi) is 5.05. The van der Waals surface area contributed by atoms with Gasteiger partial charge in [0.25, 0.3) is 5.91 Å². The van der Waals surface area contributed by atoms with E-state index >= 15 is 0 Å². The van der Waals surface area contributed by atoms with Crippen LogP contribution in [0.25, 0.3) is 21.3 Å². The molecule has 29 heavy (non-hydrogen) atoms. The van der Waals surface area contributed by atoms with E-state index in [4.69, 9.17) is 5.11 Å². The molecule has 0 aliphatic rings. The number of alkyl halides is 3. The van der Waals surface area contributed by atoms with Gasteiger partial charge in [-0.25, -0.2) is 0 Å². The molecule has 0 aliphatic carbocycles. The Balaban J connectivity index is 2.08. The number of aromatic hydroxyl groups is 1. The summed E-state index contributed by atoms with van der Waals surface area (Å²) in [6.45, 7) is -0.735. The minimum Gasteiger partial charge on any atom is -0.506 e. The molecule has 3 aromatic rings. The molecule has 0 radical (unpaired) electrons. The van der Waals surface area contributed by atoms with E-state index in [0.717, 1.165) is 10.7 Å². The number of carbonyl (C=O) groups excluding carboxylic acids is 1. The van der Waals surface area contributed by atoms with Crippen molar-refractivity contribution in [3.63, 3.8) is 0 Å². The fraction of sp³-hybridized carbons (Fsp3) is 0.176. The zero-order valence-corrected chi connectivity index (χ0v) is 15.4. The number of nitrogens with zero attached hydrogens (tertiary/aromatic N) is 2. The maximum absolute atomic E-state index is 12.9. The van der Waals surface area contributed by atoms with Crippen LogP contribution in [0, 0.1) is 0 Å². The van der Waals surface area contributed by atoms with E-state index in [1.54, 1.807) is 0 Å². The largest absolute Gasteiger partial charge is 0.506 e. The molecule has 0 saturated heterocycles. The molecule has 0 bridgehead atoms. The van der Waals surface area contributed by atoms with E-state index in [-0.39, 0.29) is 15.8 Å². The van der Waals surface area contributed by atoms with Crippen LogP contribution in [0.2, 0.25) is 0 Å². The van der Waals surface area contributed by atoms with E-state index in [1.165, 1.54) is 25.2 Å². The lowest BCUT2D eigenvalue weighted by molar-refractivity contribution is -0.141. The number of carbonyl (C=O) groups is 2. The quantitative estimate of drug-likeness (QED) is 0.587. The molecule has 152 valence electrons. The summed E-state index contributed by atoms with van der Waals surface area (Å²) >= 11 is 0.596. The third kappa shape index (κ3) is 3.92. The highest BCUT2D eigenvalue weighted by Crippen LogP contribution is 2.35. The van der Waals surface area contributed by atoms with Crippen LogP contribution in [0.15, 0.2) is 29.1 Å². The van der Waals surface area contributed by atoms with Gasteiger partial charge in [-0.15, -0.1) is 0 Å². The van der Waals surface area contributed by atoms with Crippen molar-refractivity contribution in [3.8, 4) is 17.0 Å². The number of amides is 1. The molecule has 12 heteroatoms. The van der Waals surface area contributed by atoms with E-state index in [1.807, 2.05) is 5.32 Å². The molecule has 0 atom stereocenters. The summed E-state index contributed by atoms with van der Waals surface area (Å²) in [6, 6.07) is 5.02. The fourth-order valence-corrected chi connectivity index (χ4v) is 3.62. The van der Waals surface area contributed by atoms with Crippen molar-refractivity contribution >= 4 is 33.3 Å². The SMILES string of the molecule is Cn1nc(C(F)(F)F)cc1-c1ccc2c(O)c(C(=O)NCC(=O)O)c(=O)sc2c1. The molecule has 0 fully saturated rings. The third-order valence-electron chi connectivity index (χ3n) is 3.97. The summed E-state index contributed by atoms with van der Waals surface area (Å²) < 4.78 is 39.0. The Hall–Kier alpha value is -3.41. The summed E-state index contributed by atoms with van der Waals surface area (Å²) in [4.78, 5) is 34.8. The summed E-state index contributed by atoms with van der Waals surface area (Å²) in [6.07, 6.45) is -4.62. The predicted octanol–water partition coefficient (Wildman–Crippen LogP) is 2.20. The minimum atomic E-state index is -4.62. The van der Waals surface area contributed by atoms with Crippen molar-refractivity contribution in [2.75, 3.05) is 6.54 Å². The van der Waals surface area contributed by atoms with Gasteiger partial charge in [0, 0.05) is 22.7 Å². The summed E-state index contributed by atoms with van der Waals surface area (Å²) in [5, 5.41) is 24.5. The number of rotatable bonds is 4. The molecule has 3 N–H and O–H groups in total. The van der Waals surface area contributed by atoms with E-state index < -0.39 is 46.3 Å². The number of aliphatic carboxylic acids is 1. The maximum atomic E-state index is 12.9. The zero-order chi connectivity index (χ0) is 21.5. The predicted molar refractivity (Wildman–Crippen MR) is 96.9 cm³/mol. The Labute approximate surface area is 163 Å². The molecule has 0 unspecified atom stereocenters. The number of carboxylic acids is 1. The molecule has 8 nitrogen and oxygen atoms in total. The van der Waals surface area contributed by atoms with E-state index in [2.05, 4.69) is 5.10 Å². The van der Waals surface area contributed by atoms with Crippen molar-refractivity contribution in [1.82, 2.24) is 15.1 Å². The fourth-order valence-electron chi connectivity index (χ4n) is 2.66. The van der Waals surface area contributed by atoms with E-state index in [9.17, 15) is 32.7 Å². The van der Waals surface area contributed by atoms with Crippen LogP contribution in [-0.4, -0.2) is 38.4 Å². The number of hydrogen-bond acceptors (Lipinski definition) is 6. The van der Waals surface area contributed by atoms with E-state index in [0.29, 0.717) is 16.9 Å². The first-order valence-corrected chi connectivity index (χ1v) is 8.72. The van der Waals surface area contributed by atoms with Gasteiger partial charge >= 0.3 is 12.1 Å². The molecule has 1 aromatic carbocycles. The summed E-state index contributed by atoms with van der Waals surface area (Å²) in [5.74, 6) is -3.01. The lowest BCUT2D eigenvalue weighted by atomic mass is 10.1. The lowest BCUT2D eigenvalue weighted by Gasteiger charge is -2.08. The number of fused-ring (bicyclic) bond motifs is 1. The monoisotopic (exact) mass is 427 g/mol. The van der Waals surface area contributed by atoms with Crippen LogP contribution in [0.3, 0.4) is 0 Å². The molecule has 0 spiro atoms. The van der Waals surface area contributed by atoms with Crippen molar-refractivity contribution in [3.05, 3.63) is 45.1 Å². The molecular formula is C17H12F3N3O5S. The first kappa shape index (κ1) is 20.3. The smallest absolute Gasteiger partial charge is 0.435 e. The van der Waals surface area contributed by atoms with Crippen LogP contribution < -0.4 is 10.1 Å².